The minimum absolute atomic E-state index is 0.281. The van der Waals surface area contributed by atoms with Gasteiger partial charge in [-0.3, -0.25) is 0 Å². The lowest BCUT2D eigenvalue weighted by atomic mass is 10.0. The Hall–Kier alpha value is -3.15. The Morgan fingerprint density at radius 1 is 1.18 bits per heavy atom. The van der Waals surface area contributed by atoms with E-state index in [1.54, 1.807) is 19.2 Å². The van der Waals surface area contributed by atoms with Crippen LogP contribution in [-0.4, -0.2) is 55.5 Å². The van der Waals surface area contributed by atoms with Crippen LogP contribution in [0.15, 0.2) is 54.0 Å². The van der Waals surface area contributed by atoms with E-state index in [0.29, 0.717) is 35.5 Å². The monoisotopic (exact) mass is 540 g/mol. The predicted molar refractivity (Wildman–Crippen MR) is 151 cm³/mol. The molecule has 1 atom stereocenters. The van der Waals surface area contributed by atoms with Crippen molar-refractivity contribution < 1.29 is 17.9 Å². The molecular formula is C31H39F3N4O. The summed E-state index contributed by atoms with van der Waals surface area (Å²) in [5, 5.41) is 7.73. The number of hydrogen-bond donors (Lipinski definition) is 2. The van der Waals surface area contributed by atoms with Crippen molar-refractivity contribution in [1.82, 2.24) is 20.1 Å². The van der Waals surface area contributed by atoms with E-state index in [9.17, 15) is 13.2 Å². The largest absolute Gasteiger partial charge is 0.495 e. The van der Waals surface area contributed by atoms with Gasteiger partial charge in [-0.1, -0.05) is 37.1 Å². The van der Waals surface area contributed by atoms with Crippen LogP contribution in [0.2, 0.25) is 0 Å². The van der Waals surface area contributed by atoms with Gasteiger partial charge in [0.25, 0.3) is 0 Å². The molecule has 0 bridgehead atoms. The fourth-order valence-electron chi connectivity index (χ4n) is 5.15. The molecule has 1 aliphatic carbocycles. The molecule has 0 amide bonds. The van der Waals surface area contributed by atoms with Crippen molar-refractivity contribution >= 4 is 10.9 Å². The Bertz CT molecular complexity index is 1300. The maximum absolute atomic E-state index is 13.5. The maximum Gasteiger partial charge on any atom is 0.406 e. The Morgan fingerprint density at radius 3 is 2.67 bits per heavy atom. The number of halogens is 3. The molecule has 1 aromatic carbocycles. The van der Waals surface area contributed by atoms with Crippen molar-refractivity contribution in [2.45, 2.75) is 58.4 Å². The van der Waals surface area contributed by atoms with Crippen molar-refractivity contribution in [3.8, 4) is 11.8 Å². The second-order valence-corrected chi connectivity index (χ2v) is 10.6. The van der Waals surface area contributed by atoms with Crippen LogP contribution in [0.25, 0.3) is 10.9 Å². The minimum Gasteiger partial charge on any atom is -0.495 e. The number of ether oxygens (including phenoxy) is 1. The normalized spacial score (nSPS) is 22.6. The summed E-state index contributed by atoms with van der Waals surface area (Å²) in [6.45, 7) is 6.17. The topological polar surface area (TPSA) is 41.5 Å². The van der Waals surface area contributed by atoms with Gasteiger partial charge in [-0.25, -0.2) is 0 Å². The van der Waals surface area contributed by atoms with Gasteiger partial charge in [-0.05, 0) is 87.5 Å². The highest BCUT2D eigenvalue weighted by molar-refractivity contribution is 5.86. The van der Waals surface area contributed by atoms with Crippen LogP contribution in [-0.2, 0) is 17.8 Å². The maximum atomic E-state index is 13.5. The summed E-state index contributed by atoms with van der Waals surface area (Å²) in [4.78, 5) is 2.33. The number of methoxy groups -OCH3 is 1. The first-order valence-electron chi connectivity index (χ1n) is 13.6. The lowest BCUT2D eigenvalue weighted by molar-refractivity contribution is -0.140. The van der Waals surface area contributed by atoms with Crippen LogP contribution in [0, 0.1) is 24.7 Å². The number of piperidine rings is 1. The molecule has 1 saturated heterocycles. The third-order valence-electron chi connectivity index (χ3n) is 7.55. The molecule has 2 N–H and O–H groups in total. The zero-order valence-corrected chi connectivity index (χ0v) is 23.3. The molecule has 5 nitrogen and oxygen atoms in total. The minimum atomic E-state index is -4.35. The number of hydrogen-bond acceptors (Lipinski definition) is 4. The Kier molecular flexibility index (Phi) is 9.47. The second-order valence-electron chi connectivity index (χ2n) is 10.6. The number of alkyl halides is 3. The number of nitrogens with zero attached hydrogens (tertiary/aromatic N) is 2. The third kappa shape index (κ3) is 7.71. The standard InChI is InChI=1S/C31H39F3N4O/c1-22-7-5-9-30(39-4)28(12-10-22)35-16-6-8-26-19-27-23(2)24(20-36-25-14-17-37(3)18-15-25)11-13-29(27)38(26)21-31(32,33)34/h5,7,9,11-13,19,22,25,35-36H,10,14-18,20-21H2,1-4H3/b7-5+,28-12+,30-9+. The lowest BCUT2D eigenvalue weighted by Crippen LogP contribution is -2.40. The zero-order chi connectivity index (χ0) is 28.0. The molecule has 2 aliphatic rings. The molecule has 39 heavy (non-hydrogen) atoms. The Labute approximate surface area is 229 Å². The average Bonchev–Trinajstić information content (AvgIpc) is 3.22. The van der Waals surface area contributed by atoms with Gasteiger partial charge in [-0.15, -0.1) is 0 Å². The van der Waals surface area contributed by atoms with Crippen LogP contribution < -0.4 is 10.6 Å². The summed E-state index contributed by atoms with van der Waals surface area (Å²) >= 11 is 0. The van der Waals surface area contributed by atoms with E-state index in [-0.39, 0.29) is 6.54 Å². The van der Waals surface area contributed by atoms with Crippen LogP contribution in [0.3, 0.4) is 0 Å². The smallest absolute Gasteiger partial charge is 0.406 e. The molecule has 1 fully saturated rings. The summed E-state index contributed by atoms with van der Waals surface area (Å²) in [6, 6.07) is 6.00. The first-order valence-corrected chi connectivity index (χ1v) is 13.6. The highest BCUT2D eigenvalue weighted by Gasteiger charge is 2.30. The van der Waals surface area contributed by atoms with Gasteiger partial charge >= 0.3 is 6.18 Å². The molecule has 1 aliphatic heterocycles. The molecule has 2 heterocycles. The number of aromatic nitrogens is 1. The van der Waals surface area contributed by atoms with Crippen molar-refractivity contribution in [2.24, 2.45) is 5.92 Å². The van der Waals surface area contributed by atoms with Crippen molar-refractivity contribution in [3.05, 3.63) is 70.8 Å². The van der Waals surface area contributed by atoms with Gasteiger partial charge in [0.1, 0.15) is 12.3 Å². The number of fused-ring (bicyclic) bond motifs is 1. The van der Waals surface area contributed by atoms with Crippen LogP contribution in [0.1, 0.15) is 43.0 Å². The molecule has 4 rings (SSSR count). The van der Waals surface area contributed by atoms with E-state index in [1.807, 2.05) is 25.1 Å². The van der Waals surface area contributed by atoms with E-state index in [4.69, 9.17) is 4.74 Å². The number of rotatable bonds is 7. The highest BCUT2D eigenvalue weighted by Crippen LogP contribution is 2.29. The van der Waals surface area contributed by atoms with E-state index in [0.717, 1.165) is 54.6 Å². The van der Waals surface area contributed by atoms with Gasteiger partial charge in [0.15, 0.2) is 0 Å². The molecule has 8 heteroatoms. The summed E-state index contributed by atoms with van der Waals surface area (Å²) in [5.74, 6) is 7.12. The van der Waals surface area contributed by atoms with Crippen molar-refractivity contribution in [3.63, 3.8) is 0 Å². The van der Waals surface area contributed by atoms with Gasteiger partial charge in [-0.2, -0.15) is 13.2 Å². The van der Waals surface area contributed by atoms with Gasteiger partial charge in [0, 0.05) is 23.5 Å². The van der Waals surface area contributed by atoms with E-state index in [1.165, 1.54) is 4.57 Å². The second kappa shape index (κ2) is 12.8. The summed E-state index contributed by atoms with van der Waals surface area (Å²) < 4.78 is 47.4. The van der Waals surface area contributed by atoms with Gasteiger partial charge < -0.3 is 24.8 Å². The molecule has 0 spiro atoms. The van der Waals surface area contributed by atoms with E-state index >= 15 is 0 Å². The van der Waals surface area contributed by atoms with Crippen LogP contribution in [0.5, 0.6) is 0 Å². The average molecular weight is 541 g/mol. The molecule has 0 saturated carbocycles. The number of benzene rings is 1. The molecule has 0 radical (unpaired) electrons. The SMILES string of the molecule is COC1=C/C=C/C(C)C/C=C\1NCC#Cc1cc2c(C)c(CNC3CCN(C)CC3)ccc2n1CC(F)(F)F. The quantitative estimate of drug-likeness (QED) is 0.446. The zero-order valence-electron chi connectivity index (χ0n) is 23.3. The van der Waals surface area contributed by atoms with Crippen LogP contribution in [0.4, 0.5) is 13.2 Å². The molecule has 1 unspecified atom stereocenters. The first kappa shape index (κ1) is 28.8. The number of likely N-dealkylation sites (tertiary alicyclic amines) is 1. The van der Waals surface area contributed by atoms with Crippen molar-refractivity contribution in [2.75, 3.05) is 33.8 Å². The fraction of sp³-hybridized carbons (Fsp3) is 0.484. The number of allylic oxidation sites excluding steroid dienone is 4. The van der Waals surface area contributed by atoms with Gasteiger partial charge in [0.05, 0.1) is 25.0 Å². The Morgan fingerprint density at radius 2 is 1.95 bits per heavy atom. The van der Waals surface area contributed by atoms with Crippen molar-refractivity contribution in [1.29, 1.82) is 0 Å². The number of nitrogens with one attached hydrogen (secondary N) is 2. The Balaban J connectivity index is 1.54. The predicted octanol–water partition coefficient (Wildman–Crippen LogP) is 5.65. The summed E-state index contributed by atoms with van der Waals surface area (Å²) in [5.41, 5.74) is 3.84. The molecule has 210 valence electrons. The third-order valence-corrected chi connectivity index (χ3v) is 7.55. The molecule has 1 aromatic heterocycles. The first-order chi connectivity index (χ1) is 18.6. The van der Waals surface area contributed by atoms with Gasteiger partial charge in [0.2, 0.25) is 0 Å². The fourth-order valence-corrected chi connectivity index (χ4v) is 5.15. The highest BCUT2D eigenvalue weighted by atomic mass is 19.4. The van der Waals surface area contributed by atoms with Crippen LogP contribution >= 0.6 is 0 Å². The summed E-state index contributed by atoms with van der Waals surface area (Å²) in [6.07, 6.45) is 6.74. The summed E-state index contributed by atoms with van der Waals surface area (Å²) in [7, 11) is 3.75. The molecule has 2 aromatic rings. The molecular weight excluding hydrogens is 501 g/mol. The lowest BCUT2D eigenvalue weighted by Gasteiger charge is -2.29. The van der Waals surface area contributed by atoms with E-state index in [2.05, 4.69) is 53.5 Å². The number of aryl methyl sites for hydroxylation is 1. The van der Waals surface area contributed by atoms with E-state index < -0.39 is 12.7 Å².